The average molecular weight is 358 g/mol. The predicted octanol–water partition coefficient (Wildman–Crippen LogP) is 3.97. The van der Waals surface area contributed by atoms with Crippen LogP contribution in [0.3, 0.4) is 0 Å². The standard InChI is InChI=1S/C17H28BrNO2/c1-17(2,21-4)10-9-14(13-19-11-12-20-3)15-7-5-6-8-16(15)18/h5-8,14,19H,9-13H2,1-4H3. The minimum atomic E-state index is -0.0773. The predicted molar refractivity (Wildman–Crippen MR) is 92.0 cm³/mol. The van der Waals surface area contributed by atoms with Gasteiger partial charge in [-0.15, -0.1) is 0 Å². The molecule has 1 atom stereocenters. The van der Waals surface area contributed by atoms with Gasteiger partial charge in [-0.05, 0) is 44.2 Å². The van der Waals surface area contributed by atoms with E-state index in [9.17, 15) is 0 Å². The Labute approximate surface area is 137 Å². The van der Waals surface area contributed by atoms with Crippen molar-refractivity contribution < 1.29 is 9.47 Å². The molecule has 0 heterocycles. The molecule has 0 saturated carbocycles. The lowest BCUT2D eigenvalue weighted by Crippen LogP contribution is -2.28. The molecule has 0 fully saturated rings. The molecule has 0 radical (unpaired) electrons. The highest BCUT2D eigenvalue weighted by atomic mass is 79.9. The molecule has 1 unspecified atom stereocenters. The largest absolute Gasteiger partial charge is 0.383 e. The van der Waals surface area contributed by atoms with Crippen LogP contribution in [0.15, 0.2) is 28.7 Å². The molecule has 0 saturated heterocycles. The first kappa shape index (κ1) is 18.6. The Morgan fingerprint density at radius 2 is 1.95 bits per heavy atom. The quantitative estimate of drug-likeness (QED) is 0.642. The van der Waals surface area contributed by atoms with E-state index in [4.69, 9.17) is 9.47 Å². The van der Waals surface area contributed by atoms with Gasteiger partial charge in [0.15, 0.2) is 0 Å². The van der Waals surface area contributed by atoms with Crippen molar-refractivity contribution in [1.82, 2.24) is 5.32 Å². The van der Waals surface area contributed by atoms with Gasteiger partial charge in [0.2, 0.25) is 0 Å². The molecule has 1 aromatic rings. The Morgan fingerprint density at radius 3 is 2.57 bits per heavy atom. The highest BCUT2D eigenvalue weighted by Gasteiger charge is 2.21. The molecule has 0 aromatic heterocycles. The summed E-state index contributed by atoms with van der Waals surface area (Å²) >= 11 is 3.67. The summed E-state index contributed by atoms with van der Waals surface area (Å²) in [4.78, 5) is 0. The van der Waals surface area contributed by atoms with Gasteiger partial charge >= 0.3 is 0 Å². The lowest BCUT2D eigenvalue weighted by Gasteiger charge is -2.27. The maximum atomic E-state index is 5.55. The summed E-state index contributed by atoms with van der Waals surface area (Å²) in [6, 6.07) is 8.47. The maximum Gasteiger partial charge on any atom is 0.0623 e. The van der Waals surface area contributed by atoms with Gasteiger partial charge in [-0.25, -0.2) is 0 Å². The van der Waals surface area contributed by atoms with Crippen molar-refractivity contribution in [3.8, 4) is 0 Å². The number of rotatable bonds is 10. The lowest BCUT2D eigenvalue weighted by atomic mass is 9.89. The third-order valence-electron chi connectivity index (χ3n) is 3.87. The summed E-state index contributed by atoms with van der Waals surface area (Å²) in [5.41, 5.74) is 1.28. The fourth-order valence-electron chi connectivity index (χ4n) is 2.25. The van der Waals surface area contributed by atoms with E-state index in [1.807, 2.05) is 0 Å². The van der Waals surface area contributed by atoms with Crippen molar-refractivity contribution in [2.45, 2.75) is 38.2 Å². The molecule has 0 spiro atoms. The Balaban J connectivity index is 2.68. The first-order valence-corrected chi connectivity index (χ1v) is 8.28. The van der Waals surface area contributed by atoms with Crippen molar-refractivity contribution in [2.24, 2.45) is 0 Å². The second kappa shape index (κ2) is 9.57. The van der Waals surface area contributed by atoms with Crippen LogP contribution < -0.4 is 5.32 Å². The van der Waals surface area contributed by atoms with Gasteiger partial charge in [-0.1, -0.05) is 34.1 Å². The number of hydrogen-bond donors (Lipinski definition) is 1. The molecule has 0 aliphatic rings. The van der Waals surface area contributed by atoms with E-state index in [-0.39, 0.29) is 5.60 Å². The van der Waals surface area contributed by atoms with E-state index < -0.39 is 0 Å². The van der Waals surface area contributed by atoms with Crippen molar-refractivity contribution in [3.63, 3.8) is 0 Å². The van der Waals surface area contributed by atoms with Crippen LogP contribution in [-0.4, -0.2) is 39.5 Å². The molecule has 3 nitrogen and oxygen atoms in total. The van der Waals surface area contributed by atoms with Gasteiger partial charge in [-0.2, -0.15) is 0 Å². The van der Waals surface area contributed by atoms with Crippen LogP contribution in [0.2, 0.25) is 0 Å². The minimum absolute atomic E-state index is 0.0773. The monoisotopic (exact) mass is 357 g/mol. The second-order valence-electron chi connectivity index (χ2n) is 5.92. The van der Waals surface area contributed by atoms with Gasteiger partial charge in [0.05, 0.1) is 12.2 Å². The third kappa shape index (κ3) is 6.92. The molecule has 1 rings (SSSR count). The van der Waals surface area contributed by atoms with E-state index in [0.717, 1.165) is 32.5 Å². The van der Waals surface area contributed by atoms with Crippen LogP contribution in [0.5, 0.6) is 0 Å². The maximum absolute atomic E-state index is 5.55. The zero-order chi connectivity index (χ0) is 15.7. The number of benzene rings is 1. The van der Waals surface area contributed by atoms with Crippen LogP contribution in [0.25, 0.3) is 0 Å². The van der Waals surface area contributed by atoms with Crippen LogP contribution in [-0.2, 0) is 9.47 Å². The smallest absolute Gasteiger partial charge is 0.0623 e. The molecular weight excluding hydrogens is 330 g/mol. The Hall–Kier alpha value is -0.420. The number of halogens is 1. The fraction of sp³-hybridized carbons (Fsp3) is 0.647. The highest BCUT2D eigenvalue weighted by molar-refractivity contribution is 9.10. The van der Waals surface area contributed by atoms with E-state index in [0.29, 0.717) is 5.92 Å². The highest BCUT2D eigenvalue weighted by Crippen LogP contribution is 2.30. The van der Waals surface area contributed by atoms with Gasteiger partial charge in [-0.3, -0.25) is 0 Å². The first-order valence-electron chi connectivity index (χ1n) is 7.49. The number of hydrogen-bond acceptors (Lipinski definition) is 3. The van der Waals surface area contributed by atoms with Crippen molar-refractivity contribution in [2.75, 3.05) is 33.9 Å². The van der Waals surface area contributed by atoms with Gasteiger partial charge in [0.1, 0.15) is 0 Å². The molecule has 1 aromatic carbocycles. The molecule has 120 valence electrons. The van der Waals surface area contributed by atoms with E-state index in [2.05, 4.69) is 59.4 Å². The molecule has 0 bridgehead atoms. The van der Waals surface area contributed by atoms with E-state index in [1.165, 1.54) is 10.0 Å². The molecule has 0 aliphatic heterocycles. The summed E-state index contributed by atoms with van der Waals surface area (Å²) in [6.45, 7) is 6.86. The topological polar surface area (TPSA) is 30.5 Å². The molecule has 1 N–H and O–H groups in total. The first-order chi connectivity index (χ1) is 10.00. The van der Waals surface area contributed by atoms with Gasteiger partial charge < -0.3 is 14.8 Å². The van der Waals surface area contributed by atoms with Crippen LogP contribution >= 0.6 is 15.9 Å². The SMILES string of the molecule is COCCNCC(CCC(C)(C)OC)c1ccccc1Br. The summed E-state index contributed by atoms with van der Waals surface area (Å²) in [6.07, 6.45) is 2.12. The summed E-state index contributed by atoms with van der Waals surface area (Å²) in [5.74, 6) is 0.465. The van der Waals surface area contributed by atoms with E-state index in [1.54, 1.807) is 14.2 Å². The molecular formula is C17H28BrNO2. The molecule has 4 heteroatoms. The summed E-state index contributed by atoms with van der Waals surface area (Å²) in [7, 11) is 3.51. The molecule has 21 heavy (non-hydrogen) atoms. The third-order valence-corrected chi connectivity index (χ3v) is 4.59. The molecule has 0 aliphatic carbocycles. The van der Waals surface area contributed by atoms with Crippen molar-refractivity contribution >= 4 is 15.9 Å². The van der Waals surface area contributed by atoms with Crippen molar-refractivity contribution in [1.29, 1.82) is 0 Å². The molecule has 0 amide bonds. The minimum Gasteiger partial charge on any atom is -0.383 e. The summed E-state index contributed by atoms with van der Waals surface area (Å²) < 4.78 is 11.8. The number of ether oxygens (including phenoxy) is 2. The average Bonchev–Trinajstić information content (AvgIpc) is 2.47. The Bertz CT molecular complexity index is 410. The van der Waals surface area contributed by atoms with Crippen LogP contribution in [0.1, 0.15) is 38.2 Å². The normalized spacial score (nSPS) is 13.4. The van der Waals surface area contributed by atoms with Gasteiger partial charge in [0.25, 0.3) is 0 Å². The number of nitrogens with one attached hydrogen (secondary N) is 1. The van der Waals surface area contributed by atoms with Gasteiger partial charge in [0, 0.05) is 31.8 Å². The van der Waals surface area contributed by atoms with Crippen LogP contribution in [0, 0.1) is 0 Å². The zero-order valence-corrected chi connectivity index (χ0v) is 15.2. The number of methoxy groups -OCH3 is 2. The lowest BCUT2D eigenvalue weighted by molar-refractivity contribution is 0.0123. The Morgan fingerprint density at radius 1 is 1.24 bits per heavy atom. The summed E-state index contributed by atoms with van der Waals surface area (Å²) in [5, 5.41) is 3.48. The fourth-order valence-corrected chi connectivity index (χ4v) is 2.86. The van der Waals surface area contributed by atoms with Crippen molar-refractivity contribution in [3.05, 3.63) is 34.3 Å². The zero-order valence-electron chi connectivity index (χ0n) is 13.6. The van der Waals surface area contributed by atoms with Crippen LogP contribution in [0.4, 0.5) is 0 Å². The second-order valence-corrected chi connectivity index (χ2v) is 6.77. The Kier molecular flexibility index (Phi) is 8.49. The van der Waals surface area contributed by atoms with E-state index >= 15 is 0 Å².